The van der Waals surface area contributed by atoms with E-state index in [0.717, 1.165) is 43.0 Å². The fourth-order valence-electron chi connectivity index (χ4n) is 2.51. The molecule has 0 aliphatic carbocycles. The summed E-state index contributed by atoms with van der Waals surface area (Å²) in [4.78, 5) is 21.1. The highest BCUT2D eigenvalue weighted by Gasteiger charge is 2.23. The summed E-state index contributed by atoms with van der Waals surface area (Å²) in [5.74, 6) is 0.0952. The van der Waals surface area contributed by atoms with Crippen LogP contribution in [0.3, 0.4) is 0 Å². The minimum Gasteiger partial charge on any atom is -0.351 e. The van der Waals surface area contributed by atoms with Crippen molar-refractivity contribution in [2.75, 3.05) is 33.2 Å². The predicted octanol–water partition coefficient (Wildman–Crippen LogP) is 0.951. The topological polar surface area (TPSA) is 48.5 Å². The molecule has 0 saturated carbocycles. The Kier molecular flexibility index (Phi) is 5.31. The van der Waals surface area contributed by atoms with Gasteiger partial charge in [0.05, 0.1) is 6.04 Å². The van der Waals surface area contributed by atoms with Crippen molar-refractivity contribution in [2.24, 2.45) is 0 Å². The van der Waals surface area contributed by atoms with Gasteiger partial charge in [-0.3, -0.25) is 14.7 Å². The number of likely N-dealkylation sites (N-methyl/N-ethyl adjacent to an activating group) is 1. The summed E-state index contributed by atoms with van der Waals surface area (Å²) in [6.07, 6.45) is 1.84. The first-order valence-corrected chi connectivity index (χ1v) is 7.60. The van der Waals surface area contributed by atoms with E-state index in [1.165, 1.54) is 0 Å². The Labute approximate surface area is 127 Å². The van der Waals surface area contributed by atoms with Crippen LogP contribution in [0, 0.1) is 13.8 Å². The van der Waals surface area contributed by atoms with E-state index in [-0.39, 0.29) is 11.9 Å². The molecule has 1 aromatic heterocycles. The van der Waals surface area contributed by atoms with E-state index in [4.69, 9.17) is 0 Å². The maximum atomic E-state index is 12.3. The SMILES string of the molecule is Cc1cc(CNC(=O)[C@H](C)N2CCN(C)CC2)cnc1C. The normalized spacial score (nSPS) is 18.5. The first-order valence-electron chi connectivity index (χ1n) is 7.60. The molecule has 21 heavy (non-hydrogen) atoms. The van der Waals surface area contributed by atoms with Crippen LogP contribution in [-0.2, 0) is 11.3 Å². The van der Waals surface area contributed by atoms with Gasteiger partial charge in [-0.1, -0.05) is 6.07 Å². The Bertz CT molecular complexity index is 495. The molecule has 5 nitrogen and oxygen atoms in total. The Morgan fingerprint density at radius 3 is 2.62 bits per heavy atom. The Morgan fingerprint density at radius 2 is 2.00 bits per heavy atom. The van der Waals surface area contributed by atoms with Crippen molar-refractivity contribution < 1.29 is 4.79 Å². The van der Waals surface area contributed by atoms with Crippen LogP contribution in [-0.4, -0.2) is 60.0 Å². The van der Waals surface area contributed by atoms with Crippen molar-refractivity contribution in [3.05, 3.63) is 29.1 Å². The summed E-state index contributed by atoms with van der Waals surface area (Å²) in [7, 11) is 2.12. The second-order valence-electron chi connectivity index (χ2n) is 5.98. The molecule has 0 radical (unpaired) electrons. The summed E-state index contributed by atoms with van der Waals surface area (Å²) < 4.78 is 0. The van der Waals surface area contributed by atoms with Gasteiger partial charge < -0.3 is 10.2 Å². The number of aromatic nitrogens is 1. The average molecular weight is 290 g/mol. The van der Waals surface area contributed by atoms with Crippen LogP contribution in [0.5, 0.6) is 0 Å². The molecular formula is C16H26N4O. The van der Waals surface area contributed by atoms with E-state index in [0.29, 0.717) is 6.54 Å². The Morgan fingerprint density at radius 1 is 1.33 bits per heavy atom. The molecule has 1 N–H and O–H groups in total. The van der Waals surface area contributed by atoms with Crippen molar-refractivity contribution in [2.45, 2.75) is 33.4 Å². The summed E-state index contributed by atoms with van der Waals surface area (Å²) in [5, 5.41) is 3.02. The summed E-state index contributed by atoms with van der Waals surface area (Å²) in [5.41, 5.74) is 3.25. The van der Waals surface area contributed by atoms with Crippen molar-refractivity contribution in [1.82, 2.24) is 20.1 Å². The van der Waals surface area contributed by atoms with Crippen LogP contribution in [0.25, 0.3) is 0 Å². The van der Waals surface area contributed by atoms with E-state index in [1.54, 1.807) is 0 Å². The predicted molar refractivity (Wildman–Crippen MR) is 84.1 cm³/mol. The second kappa shape index (κ2) is 7.00. The van der Waals surface area contributed by atoms with E-state index in [1.807, 2.05) is 27.0 Å². The molecule has 1 saturated heterocycles. The number of nitrogens with zero attached hydrogens (tertiary/aromatic N) is 3. The van der Waals surface area contributed by atoms with Gasteiger partial charge in [-0.2, -0.15) is 0 Å². The van der Waals surface area contributed by atoms with Gasteiger partial charge in [0.15, 0.2) is 0 Å². The van der Waals surface area contributed by atoms with Crippen LogP contribution in [0.2, 0.25) is 0 Å². The van der Waals surface area contributed by atoms with Crippen molar-refractivity contribution >= 4 is 5.91 Å². The fourth-order valence-corrected chi connectivity index (χ4v) is 2.51. The molecule has 2 heterocycles. The zero-order chi connectivity index (χ0) is 15.4. The molecular weight excluding hydrogens is 264 g/mol. The van der Waals surface area contributed by atoms with Gasteiger partial charge in [-0.15, -0.1) is 0 Å². The number of piperazine rings is 1. The van der Waals surface area contributed by atoms with Crippen LogP contribution >= 0.6 is 0 Å². The van der Waals surface area contributed by atoms with Gasteiger partial charge in [0.1, 0.15) is 0 Å². The molecule has 1 aromatic rings. The molecule has 1 fully saturated rings. The second-order valence-corrected chi connectivity index (χ2v) is 5.98. The lowest BCUT2D eigenvalue weighted by Crippen LogP contribution is -2.52. The minimum absolute atomic E-state index is 0.0711. The van der Waals surface area contributed by atoms with Crippen LogP contribution < -0.4 is 5.32 Å². The average Bonchev–Trinajstić information content (AvgIpc) is 2.48. The monoisotopic (exact) mass is 290 g/mol. The van der Waals surface area contributed by atoms with Crippen LogP contribution in [0.15, 0.2) is 12.3 Å². The number of hydrogen-bond acceptors (Lipinski definition) is 4. The highest BCUT2D eigenvalue weighted by Crippen LogP contribution is 2.08. The number of nitrogens with one attached hydrogen (secondary N) is 1. The lowest BCUT2D eigenvalue weighted by Gasteiger charge is -2.35. The summed E-state index contributed by atoms with van der Waals surface area (Å²) in [6.45, 7) is 10.5. The minimum atomic E-state index is -0.0711. The van der Waals surface area contributed by atoms with Gasteiger partial charge in [0, 0.05) is 44.6 Å². The Hall–Kier alpha value is -1.46. The molecule has 1 atom stereocenters. The number of aryl methyl sites for hydroxylation is 2. The molecule has 116 valence electrons. The number of pyridine rings is 1. The van der Waals surface area contributed by atoms with E-state index < -0.39 is 0 Å². The van der Waals surface area contributed by atoms with Crippen molar-refractivity contribution in [3.63, 3.8) is 0 Å². The van der Waals surface area contributed by atoms with Crippen LogP contribution in [0.1, 0.15) is 23.7 Å². The third-order valence-corrected chi connectivity index (χ3v) is 4.33. The van der Waals surface area contributed by atoms with Crippen LogP contribution in [0.4, 0.5) is 0 Å². The molecule has 1 amide bonds. The quantitative estimate of drug-likeness (QED) is 0.897. The number of amides is 1. The molecule has 1 aliphatic heterocycles. The fraction of sp³-hybridized carbons (Fsp3) is 0.625. The molecule has 5 heteroatoms. The standard InChI is InChI=1S/C16H26N4O/c1-12-9-15(10-17-13(12)2)11-18-16(21)14(3)20-7-5-19(4)6-8-20/h9-10,14H,5-8,11H2,1-4H3,(H,18,21)/t14-/m0/s1. The van der Waals surface area contributed by atoms with Gasteiger partial charge in [-0.05, 0) is 38.9 Å². The lowest BCUT2D eigenvalue weighted by molar-refractivity contribution is -0.126. The van der Waals surface area contributed by atoms with Gasteiger partial charge >= 0.3 is 0 Å². The number of carbonyl (C=O) groups excluding carboxylic acids is 1. The molecule has 0 bridgehead atoms. The third-order valence-electron chi connectivity index (χ3n) is 4.33. The van der Waals surface area contributed by atoms with E-state index in [9.17, 15) is 4.79 Å². The zero-order valence-electron chi connectivity index (χ0n) is 13.5. The third kappa shape index (κ3) is 4.25. The van der Waals surface area contributed by atoms with Gasteiger partial charge in [0.25, 0.3) is 0 Å². The molecule has 0 aromatic carbocycles. The Balaban J connectivity index is 1.84. The molecule has 1 aliphatic rings. The molecule has 0 spiro atoms. The van der Waals surface area contributed by atoms with Gasteiger partial charge in [-0.25, -0.2) is 0 Å². The van der Waals surface area contributed by atoms with Crippen molar-refractivity contribution in [1.29, 1.82) is 0 Å². The molecule has 0 unspecified atom stereocenters. The number of hydrogen-bond donors (Lipinski definition) is 1. The summed E-state index contributed by atoms with van der Waals surface area (Å²) >= 11 is 0. The first kappa shape index (κ1) is 15.9. The smallest absolute Gasteiger partial charge is 0.237 e. The largest absolute Gasteiger partial charge is 0.351 e. The summed E-state index contributed by atoms with van der Waals surface area (Å²) in [6, 6.07) is 2.02. The maximum absolute atomic E-state index is 12.3. The number of rotatable bonds is 4. The lowest BCUT2D eigenvalue weighted by atomic mass is 10.1. The highest BCUT2D eigenvalue weighted by atomic mass is 16.2. The van der Waals surface area contributed by atoms with E-state index in [2.05, 4.69) is 33.2 Å². The van der Waals surface area contributed by atoms with Crippen molar-refractivity contribution in [3.8, 4) is 0 Å². The molecule has 2 rings (SSSR count). The zero-order valence-corrected chi connectivity index (χ0v) is 13.5. The maximum Gasteiger partial charge on any atom is 0.237 e. The first-order chi connectivity index (χ1) is 9.97. The van der Waals surface area contributed by atoms with E-state index >= 15 is 0 Å². The van der Waals surface area contributed by atoms with Gasteiger partial charge in [0.2, 0.25) is 5.91 Å². The number of carbonyl (C=O) groups is 1. The highest BCUT2D eigenvalue weighted by molar-refractivity contribution is 5.81.